The number of ether oxygens (including phenoxy) is 1. The second-order valence-corrected chi connectivity index (χ2v) is 3.65. The number of hydrogen-bond donors (Lipinski definition) is 1. The molecule has 1 aliphatic rings. The highest BCUT2D eigenvalue weighted by Crippen LogP contribution is 2.40. The van der Waals surface area contributed by atoms with Crippen molar-refractivity contribution in [3.8, 4) is 6.07 Å². The zero-order chi connectivity index (χ0) is 10.4. The van der Waals surface area contributed by atoms with Gasteiger partial charge in [0.05, 0.1) is 6.07 Å². The minimum atomic E-state index is -0.715. The Hall–Kier alpha value is -1.08. The third-order valence-corrected chi connectivity index (χ3v) is 2.67. The van der Waals surface area contributed by atoms with E-state index in [1.807, 2.05) is 0 Å². The van der Waals surface area contributed by atoms with Crippen molar-refractivity contribution in [2.45, 2.75) is 25.7 Å². The number of methoxy groups -OCH3 is 1. The van der Waals surface area contributed by atoms with Crippen LogP contribution in [-0.4, -0.2) is 26.2 Å². The quantitative estimate of drug-likeness (QED) is 0.662. The molecule has 0 radical (unpaired) electrons. The van der Waals surface area contributed by atoms with Crippen molar-refractivity contribution in [2.24, 2.45) is 5.41 Å². The molecular weight excluding hydrogens is 180 g/mol. The summed E-state index contributed by atoms with van der Waals surface area (Å²) in [6, 6.07) is 2.11. The molecule has 0 aromatic carbocycles. The van der Waals surface area contributed by atoms with Crippen LogP contribution >= 0.6 is 0 Å². The smallest absolute Gasteiger partial charge is 0.240 e. The van der Waals surface area contributed by atoms with E-state index in [-0.39, 0.29) is 5.91 Å². The van der Waals surface area contributed by atoms with Crippen molar-refractivity contribution in [1.82, 2.24) is 5.32 Å². The Labute approximate surface area is 84.2 Å². The van der Waals surface area contributed by atoms with Crippen molar-refractivity contribution >= 4 is 5.91 Å². The van der Waals surface area contributed by atoms with Crippen LogP contribution in [0.25, 0.3) is 0 Å². The van der Waals surface area contributed by atoms with Gasteiger partial charge in [0.2, 0.25) is 5.91 Å². The molecule has 1 N–H and O–H groups in total. The average Bonchev–Trinajstić information content (AvgIpc) is 2.12. The van der Waals surface area contributed by atoms with Gasteiger partial charge in [0.15, 0.2) is 0 Å². The van der Waals surface area contributed by atoms with Crippen molar-refractivity contribution in [3.05, 3.63) is 0 Å². The van der Waals surface area contributed by atoms with E-state index < -0.39 is 5.41 Å². The van der Waals surface area contributed by atoms with Crippen LogP contribution < -0.4 is 5.32 Å². The van der Waals surface area contributed by atoms with Crippen LogP contribution in [0, 0.1) is 16.7 Å². The fourth-order valence-corrected chi connectivity index (χ4v) is 1.51. The molecule has 1 fully saturated rings. The Bertz CT molecular complexity index is 241. The summed E-state index contributed by atoms with van der Waals surface area (Å²) in [6.07, 6.45) is 3.20. The highest BCUT2D eigenvalue weighted by Gasteiger charge is 2.44. The van der Waals surface area contributed by atoms with E-state index in [0.717, 1.165) is 12.8 Å². The van der Waals surface area contributed by atoms with Gasteiger partial charge in [-0.25, -0.2) is 0 Å². The van der Waals surface area contributed by atoms with Gasteiger partial charge in [0.25, 0.3) is 0 Å². The van der Waals surface area contributed by atoms with Crippen LogP contribution in [0.1, 0.15) is 25.7 Å². The number of hydrogen-bond acceptors (Lipinski definition) is 3. The number of rotatable bonds is 5. The Balaban J connectivity index is 2.24. The topological polar surface area (TPSA) is 62.1 Å². The molecule has 0 bridgehead atoms. The third-order valence-electron chi connectivity index (χ3n) is 2.67. The predicted molar refractivity (Wildman–Crippen MR) is 51.4 cm³/mol. The van der Waals surface area contributed by atoms with Gasteiger partial charge in [-0.1, -0.05) is 0 Å². The minimum Gasteiger partial charge on any atom is -0.385 e. The Kier molecular flexibility index (Phi) is 3.90. The summed E-state index contributed by atoms with van der Waals surface area (Å²) in [4.78, 5) is 11.6. The number of carbonyl (C=O) groups excluding carboxylic acids is 1. The second kappa shape index (κ2) is 4.97. The maximum atomic E-state index is 11.6. The minimum absolute atomic E-state index is 0.109. The normalized spacial score (nSPS) is 18.0. The first-order valence-corrected chi connectivity index (χ1v) is 4.94. The summed E-state index contributed by atoms with van der Waals surface area (Å²) in [6.45, 7) is 1.23. The van der Waals surface area contributed by atoms with E-state index in [0.29, 0.717) is 26.0 Å². The first kappa shape index (κ1) is 11.0. The molecule has 1 saturated carbocycles. The van der Waals surface area contributed by atoms with Gasteiger partial charge < -0.3 is 10.1 Å². The zero-order valence-electron chi connectivity index (χ0n) is 8.51. The molecule has 0 unspecified atom stereocenters. The maximum absolute atomic E-state index is 11.6. The summed E-state index contributed by atoms with van der Waals surface area (Å²) in [5.74, 6) is -0.109. The lowest BCUT2D eigenvalue weighted by atomic mass is 9.69. The van der Waals surface area contributed by atoms with Gasteiger partial charge in [-0.05, 0) is 25.7 Å². The number of nitriles is 1. The van der Waals surface area contributed by atoms with Crippen LogP contribution in [0.5, 0.6) is 0 Å². The zero-order valence-corrected chi connectivity index (χ0v) is 8.51. The number of nitrogens with one attached hydrogen (secondary N) is 1. The number of amides is 1. The van der Waals surface area contributed by atoms with Gasteiger partial charge in [-0.2, -0.15) is 5.26 Å². The monoisotopic (exact) mass is 196 g/mol. The van der Waals surface area contributed by atoms with E-state index in [4.69, 9.17) is 10.00 Å². The fraction of sp³-hybridized carbons (Fsp3) is 0.800. The van der Waals surface area contributed by atoms with Crippen molar-refractivity contribution in [1.29, 1.82) is 5.26 Å². The third kappa shape index (κ3) is 2.24. The summed E-state index contributed by atoms with van der Waals surface area (Å²) < 4.78 is 4.86. The standard InChI is InChI=1S/C10H16N2O2/c1-14-7-3-6-12-9(13)10(8-11)4-2-5-10/h2-7H2,1H3,(H,12,13). The lowest BCUT2D eigenvalue weighted by Crippen LogP contribution is -2.45. The Morgan fingerprint density at radius 2 is 2.36 bits per heavy atom. The molecule has 0 aromatic heterocycles. The van der Waals surface area contributed by atoms with Crippen molar-refractivity contribution < 1.29 is 9.53 Å². The van der Waals surface area contributed by atoms with Gasteiger partial charge >= 0.3 is 0 Å². The molecular formula is C10H16N2O2. The molecule has 4 nitrogen and oxygen atoms in total. The van der Waals surface area contributed by atoms with Crippen LogP contribution in [0.4, 0.5) is 0 Å². The summed E-state index contributed by atoms with van der Waals surface area (Å²) in [7, 11) is 1.63. The highest BCUT2D eigenvalue weighted by atomic mass is 16.5. The number of carbonyl (C=O) groups is 1. The number of nitrogens with zero attached hydrogens (tertiary/aromatic N) is 1. The molecule has 4 heteroatoms. The second-order valence-electron chi connectivity index (χ2n) is 3.65. The molecule has 0 aliphatic heterocycles. The molecule has 0 heterocycles. The summed E-state index contributed by atoms with van der Waals surface area (Å²) in [5.41, 5.74) is -0.715. The molecule has 0 aromatic rings. The van der Waals surface area contributed by atoms with E-state index in [1.54, 1.807) is 7.11 Å². The first-order valence-electron chi connectivity index (χ1n) is 4.94. The van der Waals surface area contributed by atoms with Crippen LogP contribution in [0.3, 0.4) is 0 Å². The van der Waals surface area contributed by atoms with Gasteiger partial charge in [0.1, 0.15) is 5.41 Å². The van der Waals surface area contributed by atoms with Crippen LogP contribution in [-0.2, 0) is 9.53 Å². The van der Waals surface area contributed by atoms with Crippen molar-refractivity contribution in [3.63, 3.8) is 0 Å². The Morgan fingerprint density at radius 1 is 1.64 bits per heavy atom. The molecule has 1 aliphatic carbocycles. The molecule has 78 valence electrons. The lowest BCUT2D eigenvalue weighted by Gasteiger charge is -2.33. The lowest BCUT2D eigenvalue weighted by molar-refractivity contribution is -0.131. The molecule has 0 saturated heterocycles. The molecule has 14 heavy (non-hydrogen) atoms. The predicted octanol–water partition coefficient (Wildman–Crippen LogP) is 0.833. The van der Waals surface area contributed by atoms with E-state index >= 15 is 0 Å². The Morgan fingerprint density at radius 3 is 2.79 bits per heavy atom. The highest BCUT2D eigenvalue weighted by molar-refractivity contribution is 5.86. The van der Waals surface area contributed by atoms with Crippen LogP contribution in [0.15, 0.2) is 0 Å². The fourth-order valence-electron chi connectivity index (χ4n) is 1.51. The van der Waals surface area contributed by atoms with Crippen molar-refractivity contribution in [2.75, 3.05) is 20.3 Å². The summed E-state index contributed by atoms with van der Waals surface area (Å²) in [5, 5.41) is 11.6. The maximum Gasteiger partial charge on any atom is 0.240 e. The van der Waals surface area contributed by atoms with Gasteiger partial charge in [-0.3, -0.25) is 4.79 Å². The molecule has 1 rings (SSSR count). The molecule has 0 spiro atoms. The molecule has 0 atom stereocenters. The van der Waals surface area contributed by atoms with Gasteiger partial charge in [-0.15, -0.1) is 0 Å². The molecule has 1 amide bonds. The first-order chi connectivity index (χ1) is 6.75. The SMILES string of the molecule is COCCCNC(=O)C1(C#N)CCC1. The average molecular weight is 196 g/mol. The van der Waals surface area contributed by atoms with Gasteiger partial charge in [0, 0.05) is 20.3 Å². The van der Waals surface area contributed by atoms with E-state index in [9.17, 15) is 4.79 Å². The largest absolute Gasteiger partial charge is 0.385 e. The summed E-state index contributed by atoms with van der Waals surface area (Å²) >= 11 is 0. The van der Waals surface area contributed by atoms with E-state index in [1.165, 1.54) is 0 Å². The van der Waals surface area contributed by atoms with Crippen LogP contribution in [0.2, 0.25) is 0 Å². The van der Waals surface area contributed by atoms with E-state index in [2.05, 4.69) is 11.4 Å².